The van der Waals surface area contributed by atoms with E-state index in [0.717, 1.165) is 6.42 Å². The Morgan fingerprint density at radius 3 is 2.55 bits per heavy atom. The molecule has 22 heavy (non-hydrogen) atoms. The van der Waals surface area contributed by atoms with Crippen LogP contribution in [0.3, 0.4) is 0 Å². The summed E-state index contributed by atoms with van der Waals surface area (Å²) in [5.74, 6) is -0.392. The van der Waals surface area contributed by atoms with Crippen LogP contribution >= 0.6 is 23.2 Å². The smallest absolute Gasteiger partial charge is 0.264 e. The van der Waals surface area contributed by atoms with E-state index in [2.05, 4.69) is 0 Å². The molecule has 2 rings (SSSR count). The van der Waals surface area contributed by atoms with Gasteiger partial charge in [-0.05, 0) is 25.3 Å². The van der Waals surface area contributed by atoms with Gasteiger partial charge in [0.1, 0.15) is 5.78 Å². The second kappa shape index (κ2) is 6.19. The highest BCUT2D eigenvalue weighted by Gasteiger charge is 2.51. The van der Waals surface area contributed by atoms with Crippen LogP contribution in [-0.4, -0.2) is 23.3 Å². The van der Waals surface area contributed by atoms with Crippen LogP contribution in [0.2, 0.25) is 10.0 Å². The third-order valence-electron chi connectivity index (χ3n) is 3.82. The van der Waals surface area contributed by atoms with Crippen molar-refractivity contribution in [2.45, 2.75) is 39.2 Å². The molecule has 6 heteroatoms. The quantitative estimate of drug-likeness (QED) is 0.889. The van der Waals surface area contributed by atoms with Gasteiger partial charge in [-0.3, -0.25) is 9.59 Å². The molecule has 1 aromatic carbocycles. The Labute approximate surface area is 140 Å². The number of carbonyl (C=O) groups is 2. The molecule has 0 fully saturated rings. The summed E-state index contributed by atoms with van der Waals surface area (Å²) in [5, 5.41) is 11.4. The van der Waals surface area contributed by atoms with Crippen molar-refractivity contribution >= 4 is 40.6 Å². The van der Waals surface area contributed by atoms with Crippen LogP contribution in [-0.2, 0) is 15.2 Å². The molecule has 120 valence electrons. The van der Waals surface area contributed by atoms with Gasteiger partial charge >= 0.3 is 0 Å². The van der Waals surface area contributed by atoms with E-state index in [1.807, 2.05) is 13.8 Å². The van der Waals surface area contributed by atoms with Gasteiger partial charge in [0.2, 0.25) is 0 Å². The van der Waals surface area contributed by atoms with E-state index in [0.29, 0.717) is 28.7 Å². The fourth-order valence-corrected chi connectivity index (χ4v) is 3.13. The monoisotopic (exact) mass is 343 g/mol. The number of hydrogen-bond acceptors (Lipinski definition) is 3. The fraction of sp³-hybridized carbons (Fsp3) is 0.500. The number of fused-ring (bicyclic) bond motifs is 1. The van der Waals surface area contributed by atoms with E-state index in [1.54, 1.807) is 6.07 Å². The Morgan fingerprint density at radius 2 is 2.00 bits per heavy atom. The van der Waals surface area contributed by atoms with Crippen molar-refractivity contribution in [3.8, 4) is 0 Å². The summed E-state index contributed by atoms with van der Waals surface area (Å²) in [5.41, 5.74) is -1.08. The predicted octanol–water partition coefficient (Wildman–Crippen LogP) is 3.55. The van der Waals surface area contributed by atoms with Crippen LogP contribution in [0, 0.1) is 5.92 Å². The first-order valence-electron chi connectivity index (χ1n) is 7.20. The maximum absolute atomic E-state index is 12.7. The standard InChI is InChI=1S/C16H19Cl2NO3/c1-9(2)6-7-19-14-11(4-5-12(17)13(14)18)16(22,15(19)21)8-10(3)20/h4-5,9,22H,6-8H2,1-3H3. The lowest BCUT2D eigenvalue weighted by Crippen LogP contribution is -2.42. The van der Waals surface area contributed by atoms with E-state index in [4.69, 9.17) is 23.2 Å². The topological polar surface area (TPSA) is 57.6 Å². The van der Waals surface area contributed by atoms with Gasteiger partial charge in [-0.1, -0.05) is 43.1 Å². The van der Waals surface area contributed by atoms with Crippen molar-refractivity contribution in [2.24, 2.45) is 5.92 Å². The highest BCUT2D eigenvalue weighted by molar-refractivity contribution is 6.44. The lowest BCUT2D eigenvalue weighted by Gasteiger charge is -2.22. The van der Waals surface area contributed by atoms with Gasteiger partial charge in [-0.2, -0.15) is 0 Å². The number of amides is 1. The highest BCUT2D eigenvalue weighted by Crippen LogP contribution is 2.48. The van der Waals surface area contributed by atoms with Gasteiger partial charge in [0.05, 0.1) is 15.7 Å². The Morgan fingerprint density at radius 1 is 1.36 bits per heavy atom. The number of nitrogens with zero attached hydrogens (tertiary/aromatic N) is 1. The molecule has 0 radical (unpaired) electrons. The van der Waals surface area contributed by atoms with Crippen molar-refractivity contribution in [1.82, 2.24) is 0 Å². The van der Waals surface area contributed by atoms with E-state index in [9.17, 15) is 14.7 Å². The van der Waals surface area contributed by atoms with Crippen molar-refractivity contribution in [1.29, 1.82) is 0 Å². The zero-order valence-electron chi connectivity index (χ0n) is 12.8. The molecule has 1 aliphatic rings. The minimum atomic E-state index is -1.85. The van der Waals surface area contributed by atoms with E-state index < -0.39 is 11.5 Å². The molecule has 0 bridgehead atoms. The lowest BCUT2D eigenvalue weighted by molar-refractivity contribution is -0.141. The zero-order valence-corrected chi connectivity index (χ0v) is 14.3. The van der Waals surface area contributed by atoms with Gasteiger partial charge in [0.25, 0.3) is 5.91 Å². The molecule has 0 spiro atoms. The number of Topliss-reactive ketones (excluding diaryl/α,β-unsaturated/α-hetero) is 1. The van der Waals surface area contributed by atoms with Gasteiger partial charge < -0.3 is 10.0 Å². The van der Waals surface area contributed by atoms with Crippen LogP contribution in [0.15, 0.2) is 12.1 Å². The molecule has 1 unspecified atom stereocenters. The summed E-state index contributed by atoms with van der Waals surface area (Å²) in [7, 11) is 0. The molecule has 0 aliphatic carbocycles. The van der Waals surface area contributed by atoms with E-state index in [1.165, 1.54) is 17.9 Å². The minimum Gasteiger partial charge on any atom is -0.375 e. The molecule has 1 atom stereocenters. The second-order valence-electron chi connectivity index (χ2n) is 6.14. The van der Waals surface area contributed by atoms with Crippen LogP contribution < -0.4 is 4.90 Å². The van der Waals surface area contributed by atoms with Gasteiger partial charge in [-0.25, -0.2) is 0 Å². The van der Waals surface area contributed by atoms with Crippen molar-refractivity contribution in [3.63, 3.8) is 0 Å². The van der Waals surface area contributed by atoms with Crippen LogP contribution in [0.1, 0.15) is 39.2 Å². The number of hydrogen-bond donors (Lipinski definition) is 1. The molecule has 1 heterocycles. The Kier molecular flexibility index (Phi) is 4.85. The lowest BCUT2D eigenvalue weighted by atomic mass is 9.90. The molecule has 1 aromatic rings. The number of carbonyl (C=O) groups excluding carboxylic acids is 2. The molecular formula is C16H19Cl2NO3. The molecule has 1 aliphatic heterocycles. The van der Waals surface area contributed by atoms with Crippen molar-refractivity contribution in [3.05, 3.63) is 27.7 Å². The summed E-state index contributed by atoms with van der Waals surface area (Å²) in [6, 6.07) is 3.10. The van der Waals surface area contributed by atoms with Crippen LogP contribution in [0.25, 0.3) is 0 Å². The van der Waals surface area contributed by atoms with Gasteiger partial charge in [0, 0.05) is 18.5 Å². The number of aliphatic hydroxyl groups is 1. The van der Waals surface area contributed by atoms with Gasteiger partial charge in [0.15, 0.2) is 5.60 Å². The Hall–Kier alpha value is -1.10. The first-order valence-corrected chi connectivity index (χ1v) is 7.96. The van der Waals surface area contributed by atoms with E-state index in [-0.39, 0.29) is 17.2 Å². The average molecular weight is 344 g/mol. The normalized spacial score (nSPS) is 20.7. The maximum Gasteiger partial charge on any atom is 0.264 e. The third kappa shape index (κ3) is 2.87. The van der Waals surface area contributed by atoms with Gasteiger partial charge in [-0.15, -0.1) is 0 Å². The molecule has 0 saturated carbocycles. The largest absolute Gasteiger partial charge is 0.375 e. The number of anilines is 1. The number of halogens is 2. The van der Waals surface area contributed by atoms with Crippen LogP contribution in [0.4, 0.5) is 5.69 Å². The SMILES string of the molecule is CC(=O)CC1(O)C(=O)N(CCC(C)C)c2c1ccc(Cl)c2Cl. The Balaban J connectivity index is 2.54. The number of benzene rings is 1. The first-order chi connectivity index (χ1) is 10.2. The van der Waals surface area contributed by atoms with Crippen LogP contribution in [0.5, 0.6) is 0 Å². The summed E-state index contributed by atoms with van der Waals surface area (Å²) in [4.78, 5) is 25.7. The molecule has 1 N–H and O–H groups in total. The summed E-state index contributed by atoms with van der Waals surface area (Å²) >= 11 is 12.3. The first kappa shape index (κ1) is 17.3. The summed E-state index contributed by atoms with van der Waals surface area (Å²) < 4.78 is 0. The molecule has 0 saturated heterocycles. The second-order valence-corrected chi connectivity index (χ2v) is 6.92. The summed E-state index contributed by atoms with van der Waals surface area (Å²) in [6.07, 6.45) is 0.485. The molecule has 0 aromatic heterocycles. The molecule has 4 nitrogen and oxygen atoms in total. The average Bonchev–Trinajstić information content (AvgIpc) is 2.61. The highest BCUT2D eigenvalue weighted by atomic mass is 35.5. The zero-order chi connectivity index (χ0) is 16.7. The summed E-state index contributed by atoms with van der Waals surface area (Å²) in [6.45, 7) is 5.86. The molecular weight excluding hydrogens is 325 g/mol. The van der Waals surface area contributed by atoms with Crippen molar-refractivity contribution in [2.75, 3.05) is 11.4 Å². The fourth-order valence-electron chi connectivity index (χ4n) is 2.71. The van der Waals surface area contributed by atoms with Crippen molar-refractivity contribution < 1.29 is 14.7 Å². The van der Waals surface area contributed by atoms with E-state index >= 15 is 0 Å². The predicted molar refractivity (Wildman–Crippen MR) is 87.5 cm³/mol. The number of ketones is 1. The third-order valence-corrected chi connectivity index (χ3v) is 4.61. The Bertz CT molecular complexity index is 630. The molecule has 1 amide bonds. The maximum atomic E-state index is 12.7. The minimum absolute atomic E-state index is 0.232. The number of rotatable bonds is 5.